The SMILES string of the molecule is O=C(O)C1CCCCC[C@@]2(CCCC1)CCCN2. The summed E-state index contributed by atoms with van der Waals surface area (Å²) in [4.78, 5) is 11.1. The van der Waals surface area contributed by atoms with Gasteiger partial charge in [0.2, 0.25) is 0 Å². The van der Waals surface area contributed by atoms with Crippen LogP contribution in [-0.2, 0) is 4.79 Å². The van der Waals surface area contributed by atoms with Crippen molar-refractivity contribution >= 4 is 5.97 Å². The van der Waals surface area contributed by atoms with Gasteiger partial charge in [-0.15, -0.1) is 0 Å². The van der Waals surface area contributed by atoms with E-state index in [1.165, 1.54) is 51.5 Å². The third-order valence-electron chi connectivity index (χ3n) is 4.85. The average Bonchev–Trinajstić information content (AvgIpc) is 2.77. The molecule has 3 nitrogen and oxygen atoms in total. The molecular weight excluding hydrogens is 226 g/mol. The molecule has 18 heavy (non-hydrogen) atoms. The molecule has 3 heteroatoms. The van der Waals surface area contributed by atoms with Gasteiger partial charge in [-0.05, 0) is 45.1 Å². The lowest BCUT2D eigenvalue weighted by atomic mass is 9.85. The first-order valence-electron chi connectivity index (χ1n) is 7.70. The van der Waals surface area contributed by atoms with E-state index in [1.807, 2.05) is 0 Å². The average molecular weight is 253 g/mol. The van der Waals surface area contributed by atoms with E-state index in [1.54, 1.807) is 0 Å². The number of carbonyl (C=O) groups is 1. The zero-order valence-corrected chi connectivity index (χ0v) is 11.4. The van der Waals surface area contributed by atoms with Gasteiger partial charge in [0, 0.05) is 5.54 Å². The normalized spacial score (nSPS) is 35.2. The van der Waals surface area contributed by atoms with Gasteiger partial charge in [-0.1, -0.05) is 32.1 Å². The van der Waals surface area contributed by atoms with Crippen molar-refractivity contribution in [2.75, 3.05) is 6.54 Å². The van der Waals surface area contributed by atoms with Crippen LogP contribution >= 0.6 is 0 Å². The lowest BCUT2D eigenvalue weighted by Crippen LogP contribution is -2.39. The first kappa shape index (κ1) is 13.9. The summed E-state index contributed by atoms with van der Waals surface area (Å²) < 4.78 is 0. The minimum atomic E-state index is -0.581. The maximum absolute atomic E-state index is 11.1. The van der Waals surface area contributed by atoms with Crippen molar-refractivity contribution in [1.82, 2.24) is 5.32 Å². The van der Waals surface area contributed by atoms with Gasteiger partial charge in [0.1, 0.15) is 0 Å². The Morgan fingerprint density at radius 1 is 0.944 bits per heavy atom. The van der Waals surface area contributed by atoms with E-state index >= 15 is 0 Å². The van der Waals surface area contributed by atoms with Crippen LogP contribution in [-0.4, -0.2) is 23.2 Å². The van der Waals surface area contributed by atoms with E-state index in [0.29, 0.717) is 5.54 Å². The Balaban J connectivity index is 1.88. The number of carboxylic acids is 1. The lowest BCUT2D eigenvalue weighted by molar-refractivity contribution is -0.142. The molecule has 1 heterocycles. The fraction of sp³-hybridized carbons (Fsp3) is 0.933. The summed E-state index contributed by atoms with van der Waals surface area (Å²) in [5.41, 5.74) is 0.406. The zero-order chi connectivity index (χ0) is 12.8. The molecule has 2 N–H and O–H groups in total. The van der Waals surface area contributed by atoms with Gasteiger partial charge < -0.3 is 10.4 Å². The molecule has 0 radical (unpaired) electrons. The fourth-order valence-electron chi connectivity index (χ4n) is 3.70. The predicted molar refractivity (Wildman–Crippen MR) is 72.6 cm³/mol. The van der Waals surface area contributed by atoms with E-state index in [4.69, 9.17) is 0 Å². The summed E-state index contributed by atoms with van der Waals surface area (Å²) in [6, 6.07) is 0. The Bertz CT molecular complexity index is 272. The molecule has 0 aromatic carbocycles. The standard InChI is InChI=1S/C15H27NO2/c17-14(18)13-7-2-1-4-9-15(10-5-3-8-13)11-6-12-16-15/h13,16H,1-12H2,(H,17,18)/t13?,15-/m1/s1. The predicted octanol–water partition coefficient (Wildman–Crippen LogP) is 3.33. The lowest BCUT2D eigenvalue weighted by Gasteiger charge is -2.29. The van der Waals surface area contributed by atoms with Gasteiger partial charge in [0.25, 0.3) is 0 Å². The van der Waals surface area contributed by atoms with Gasteiger partial charge in [0.05, 0.1) is 5.92 Å². The molecule has 1 saturated carbocycles. The minimum absolute atomic E-state index is 0.0874. The van der Waals surface area contributed by atoms with Crippen molar-refractivity contribution < 1.29 is 9.90 Å². The van der Waals surface area contributed by atoms with E-state index < -0.39 is 5.97 Å². The molecule has 0 aromatic rings. The molecule has 1 spiro atoms. The van der Waals surface area contributed by atoms with Crippen molar-refractivity contribution in [3.8, 4) is 0 Å². The molecular formula is C15H27NO2. The Labute approximate surface area is 110 Å². The van der Waals surface area contributed by atoms with Crippen molar-refractivity contribution in [2.24, 2.45) is 5.92 Å². The molecule has 1 unspecified atom stereocenters. The van der Waals surface area contributed by atoms with Gasteiger partial charge in [0.15, 0.2) is 0 Å². The van der Waals surface area contributed by atoms with E-state index in [-0.39, 0.29) is 5.92 Å². The van der Waals surface area contributed by atoms with Crippen molar-refractivity contribution in [3.05, 3.63) is 0 Å². The molecule has 0 amide bonds. The van der Waals surface area contributed by atoms with Gasteiger partial charge in [-0.2, -0.15) is 0 Å². The molecule has 1 aliphatic heterocycles. The highest BCUT2D eigenvalue weighted by Crippen LogP contribution is 2.32. The zero-order valence-electron chi connectivity index (χ0n) is 11.4. The summed E-state index contributed by atoms with van der Waals surface area (Å²) in [6.07, 6.45) is 12.8. The summed E-state index contributed by atoms with van der Waals surface area (Å²) in [7, 11) is 0. The number of carboxylic acid groups (broad SMARTS) is 1. The van der Waals surface area contributed by atoms with Crippen molar-refractivity contribution in [3.63, 3.8) is 0 Å². The highest BCUT2D eigenvalue weighted by molar-refractivity contribution is 5.69. The number of hydrogen-bond donors (Lipinski definition) is 2. The molecule has 1 saturated heterocycles. The first-order chi connectivity index (χ1) is 8.72. The summed E-state index contributed by atoms with van der Waals surface area (Å²) in [5.74, 6) is -0.668. The molecule has 104 valence electrons. The summed E-state index contributed by atoms with van der Waals surface area (Å²) in [6.45, 7) is 1.18. The van der Waals surface area contributed by atoms with E-state index in [9.17, 15) is 9.90 Å². The second kappa shape index (κ2) is 6.55. The summed E-state index contributed by atoms with van der Waals surface area (Å²) >= 11 is 0. The van der Waals surface area contributed by atoms with Crippen LogP contribution in [0.15, 0.2) is 0 Å². The second-order valence-electron chi connectivity index (χ2n) is 6.19. The maximum atomic E-state index is 11.1. The van der Waals surface area contributed by atoms with Crippen LogP contribution in [0.1, 0.15) is 70.6 Å². The third-order valence-corrected chi connectivity index (χ3v) is 4.85. The molecule has 2 aliphatic rings. The highest BCUT2D eigenvalue weighted by atomic mass is 16.4. The maximum Gasteiger partial charge on any atom is 0.306 e. The third kappa shape index (κ3) is 3.71. The Hall–Kier alpha value is -0.570. The smallest absolute Gasteiger partial charge is 0.306 e. The monoisotopic (exact) mass is 253 g/mol. The van der Waals surface area contributed by atoms with Gasteiger partial charge >= 0.3 is 5.97 Å². The molecule has 0 bridgehead atoms. The largest absolute Gasteiger partial charge is 0.481 e. The Kier molecular flexibility index (Phi) is 5.04. The molecule has 2 rings (SSSR count). The molecule has 1 aliphatic carbocycles. The quantitative estimate of drug-likeness (QED) is 0.753. The van der Waals surface area contributed by atoms with Crippen LogP contribution in [0.25, 0.3) is 0 Å². The van der Waals surface area contributed by atoms with Crippen molar-refractivity contribution in [1.29, 1.82) is 0 Å². The van der Waals surface area contributed by atoms with Crippen molar-refractivity contribution in [2.45, 2.75) is 76.2 Å². The molecule has 0 aromatic heterocycles. The van der Waals surface area contributed by atoms with E-state index in [2.05, 4.69) is 5.32 Å². The van der Waals surface area contributed by atoms with E-state index in [0.717, 1.165) is 25.7 Å². The van der Waals surface area contributed by atoms with Gasteiger partial charge in [-0.3, -0.25) is 4.79 Å². The Morgan fingerprint density at radius 3 is 2.17 bits per heavy atom. The summed E-state index contributed by atoms with van der Waals surface area (Å²) in [5, 5.41) is 12.9. The highest BCUT2D eigenvalue weighted by Gasteiger charge is 2.32. The van der Waals surface area contributed by atoms with Crippen LogP contribution in [0.2, 0.25) is 0 Å². The fourth-order valence-corrected chi connectivity index (χ4v) is 3.70. The second-order valence-corrected chi connectivity index (χ2v) is 6.19. The Morgan fingerprint density at radius 2 is 1.56 bits per heavy atom. The number of hydrogen-bond acceptors (Lipinski definition) is 2. The first-order valence-corrected chi connectivity index (χ1v) is 7.70. The number of rotatable bonds is 1. The van der Waals surface area contributed by atoms with Crippen LogP contribution < -0.4 is 5.32 Å². The molecule has 2 fully saturated rings. The minimum Gasteiger partial charge on any atom is -0.481 e. The van der Waals surface area contributed by atoms with Crippen LogP contribution in [0.4, 0.5) is 0 Å². The molecule has 2 atom stereocenters. The van der Waals surface area contributed by atoms with Gasteiger partial charge in [-0.25, -0.2) is 0 Å². The van der Waals surface area contributed by atoms with Crippen LogP contribution in [0, 0.1) is 5.92 Å². The number of aliphatic carboxylic acids is 1. The van der Waals surface area contributed by atoms with Crippen LogP contribution in [0.3, 0.4) is 0 Å². The number of nitrogens with one attached hydrogen (secondary N) is 1. The van der Waals surface area contributed by atoms with Crippen LogP contribution in [0.5, 0.6) is 0 Å². The topological polar surface area (TPSA) is 49.3 Å².